The summed E-state index contributed by atoms with van der Waals surface area (Å²) in [6.07, 6.45) is 3.97. The molecule has 0 spiro atoms. The molecular formula is C12H17N3O2. The summed E-state index contributed by atoms with van der Waals surface area (Å²) in [6, 6.07) is 1.39. The Labute approximate surface area is 100 Å². The zero-order chi connectivity index (χ0) is 12.3. The maximum atomic E-state index is 12.2. The van der Waals surface area contributed by atoms with Crippen molar-refractivity contribution in [1.29, 1.82) is 0 Å². The Morgan fingerprint density at radius 3 is 2.88 bits per heavy atom. The molecule has 5 nitrogen and oxygen atoms in total. The molecule has 0 atom stereocenters. The minimum atomic E-state index is -0.216. The van der Waals surface area contributed by atoms with Crippen molar-refractivity contribution in [2.75, 3.05) is 33.2 Å². The molecule has 0 radical (unpaired) electrons. The molecule has 0 unspecified atom stereocenters. The van der Waals surface area contributed by atoms with Gasteiger partial charge in [0.15, 0.2) is 5.43 Å². The summed E-state index contributed by atoms with van der Waals surface area (Å²) < 4.78 is 0. The lowest BCUT2D eigenvalue weighted by Gasteiger charge is -2.20. The average molecular weight is 235 g/mol. The summed E-state index contributed by atoms with van der Waals surface area (Å²) in [7, 11) is 2.04. The molecule has 17 heavy (non-hydrogen) atoms. The number of H-pyrrole nitrogens is 1. The molecule has 0 aromatic carbocycles. The van der Waals surface area contributed by atoms with Crippen molar-refractivity contribution >= 4 is 5.91 Å². The first-order valence-electron chi connectivity index (χ1n) is 5.83. The molecule has 1 amide bonds. The fourth-order valence-corrected chi connectivity index (χ4v) is 2.00. The minimum absolute atomic E-state index is 0.165. The Balaban J connectivity index is 2.15. The fourth-order valence-electron chi connectivity index (χ4n) is 2.00. The number of nitrogens with one attached hydrogen (secondary N) is 1. The Bertz CT molecular complexity index is 455. The van der Waals surface area contributed by atoms with Gasteiger partial charge < -0.3 is 14.8 Å². The van der Waals surface area contributed by atoms with Gasteiger partial charge in [0.2, 0.25) is 0 Å². The van der Waals surface area contributed by atoms with E-state index in [1.807, 2.05) is 7.05 Å². The van der Waals surface area contributed by atoms with E-state index in [1.54, 1.807) is 4.90 Å². The molecule has 5 heteroatoms. The molecule has 1 aliphatic rings. The lowest BCUT2D eigenvalue weighted by atomic mass is 10.2. The van der Waals surface area contributed by atoms with Crippen molar-refractivity contribution in [3.8, 4) is 0 Å². The molecule has 0 bridgehead atoms. The lowest BCUT2D eigenvalue weighted by molar-refractivity contribution is 0.0761. The van der Waals surface area contributed by atoms with Crippen molar-refractivity contribution < 1.29 is 4.79 Å². The highest BCUT2D eigenvalue weighted by Crippen LogP contribution is 2.05. The van der Waals surface area contributed by atoms with Crippen LogP contribution in [0.5, 0.6) is 0 Å². The highest BCUT2D eigenvalue weighted by Gasteiger charge is 2.20. The normalized spacial score (nSPS) is 17.8. The van der Waals surface area contributed by atoms with Crippen LogP contribution in [-0.2, 0) is 0 Å². The number of carbonyl (C=O) groups excluding carboxylic acids is 1. The predicted molar refractivity (Wildman–Crippen MR) is 65.1 cm³/mol. The van der Waals surface area contributed by atoms with Crippen LogP contribution in [0.4, 0.5) is 0 Å². The number of pyridine rings is 1. The highest BCUT2D eigenvalue weighted by molar-refractivity contribution is 5.93. The van der Waals surface area contributed by atoms with E-state index in [0.29, 0.717) is 6.54 Å². The van der Waals surface area contributed by atoms with Crippen LogP contribution in [0.25, 0.3) is 0 Å². The van der Waals surface area contributed by atoms with E-state index in [-0.39, 0.29) is 16.9 Å². The van der Waals surface area contributed by atoms with Crippen molar-refractivity contribution in [2.45, 2.75) is 6.42 Å². The van der Waals surface area contributed by atoms with Gasteiger partial charge in [-0.3, -0.25) is 9.59 Å². The minimum Gasteiger partial charge on any atom is -0.367 e. The van der Waals surface area contributed by atoms with Gasteiger partial charge in [0.25, 0.3) is 5.91 Å². The van der Waals surface area contributed by atoms with Crippen LogP contribution in [0.1, 0.15) is 16.8 Å². The highest BCUT2D eigenvalue weighted by atomic mass is 16.2. The summed E-state index contributed by atoms with van der Waals surface area (Å²) in [4.78, 5) is 30.5. The SMILES string of the molecule is CN1CCCN(C(=O)c2c[nH]ccc2=O)CC1. The first-order chi connectivity index (χ1) is 8.18. The van der Waals surface area contributed by atoms with Crippen LogP contribution >= 0.6 is 0 Å². The van der Waals surface area contributed by atoms with Crippen LogP contribution in [0, 0.1) is 0 Å². The Morgan fingerprint density at radius 1 is 1.29 bits per heavy atom. The maximum absolute atomic E-state index is 12.2. The second-order valence-electron chi connectivity index (χ2n) is 4.37. The van der Waals surface area contributed by atoms with E-state index in [4.69, 9.17) is 0 Å². The molecule has 1 aromatic rings. The molecule has 92 valence electrons. The molecular weight excluding hydrogens is 218 g/mol. The number of likely N-dealkylation sites (N-methyl/N-ethyl adjacent to an activating group) is 1. The molecule has 1 fully saturated rings. The first-order valence-corrected chi connectivity index (χ1v) is 5.83. The molecule has 1 saturated heterocycles. The van der Waals surface area contributed by atoms with E-state index in [1.165, 1.54) is 18.5 Å². The number of aromatic nitrogens is 1. The average Bonchev–Trinajstić information content (AvgIpc) is 2.54. The monoisotopic (exact) mass is 235 g/mol. The number of aromatic amines is 1. The third kappa shape index (κ3) is 2.74. The fraction of sp³-hybridized carbons (Fsp3) is 0.500. The zero-order valence-electron chi connectivity index (χ0n) is 9.98. The van der Waals surface area contributed by atoms with Gasteiger partial charge in [-0.05, 0) is 20.0 Å². The van der Waals surface area contributed by atoms with Crippen molar-refractivity contribution in [1.82, 2.24) is 14.8 Å². The van der Waals surface area contributed by atoms with E-state index in [2.05, 4.69) is 9.88 Å². The first kappa shape index (κ1) is 11.9. The predicted octanol–water partition coefficient (Wildman–Crippen LogP) is 0.153. The largest absolute Gasteiger partial charge is 0.367 e. The summed E-state index contributed by atoms with van der Waals surface area (Å²) in [5, 5.41) is 0. The van der Waals surface area contributed by atoms with Gasteiger partial charge in [-0.2, -0.15) is 0 Å². The van der Waals surface area contributed by atoms with Crippen LogP contribution in [0.3, 0.4) is 0 Å². The van der Waals surface area contributed by atoms with E-state index in [0.717, 1.165) is 26.1 Å². The summed E-state index contributed by atoms with van der Waals surface area (Å²) >= 11 is 0. The van der Waals surface area contributed by atoms with Gasteiger partial charge in [0.05, 0.1) is 0 Å². The van der Waals surface area contributed by atoms with Gasteiger partial charge >= 0.3 is 0 Å². The standard InChI is InChI=1S/C12H17N3O2/c1-14-5-2-6-15(8-7-14)12(17)10-9-13-4-3-11(10)16/h3-4,9H,2,5-8H2,1H3,(H,13,16). The van der Waals surface area contributed by atoms with Gasteiger partial charge in [0, 0.05) is 38.1 Å². The van der Waals surface area contributed by atoms with Crippen molar-refractivity contribution in [3.63, 3.8) is 0 Å². The Kier molecular flexibility index (Phi) is 3.58. The Hall–Kier alpha value is -1.62. The zero-order valence-corrected chi connectivity index (χ0v) is 9.98. The second-order valence-corrected chi connectivity index (χ2v) is 4.37. The number of hydrogen-bond donors (Lipinski definition) is 1. The van der Waals surface area contributed by atoms with Crippen LogP contribution in [0.15, 0.2) is 23.3 Å². The van der Waals surface area contributed by atoms with Crippen LogP contribution in [-0.4, -0.2) is 53.9 Å². The lowest BCUT2D eigenvalue weighted by Crippen LogP contribution is -2.36. The van der Waals surface area contributed by atoms with Crippen LogP contribution in [0.2, 0.25) is 0 Å². The molecule has 0 aliphatic carbocycles. The molecule has 1 N–H and O–H groups in total. The van der Waals surface area contributed by atoms with Gasteiger partial charge in [0.1, 0.15) is 5.56 Å². The van der Waals surface area contributed by atoms with E-state index in [9.17, 15) is 9.59 Å². The third-order valence-corrected chi connectivity index (χ3v) is 3.06. The van der Waals surface area contributed by atoms with Crippen molar-refractivity contribution in [2.24, 2.45) is 0 Å². The van der Waals surface area contributed by atoms with E-state index < -0.39 is 0 Å². The third-order valence-electron chi connectivity index (χ3n) is 3.06. The number of rotatable bonds is 1. The summed E-state index contributed by atoms with van der Waals surface area (Å²) in [5.74, 6) is -0.165. The summed E-state index contributed by atoms with van der Waals surface area (Å²) in [5.41, 5.74) is 0.0170. The van der Waals surface area contributed by atoms with Crippen molar-refractivity contribution in [3.05, 3.63) is 34.2 Å². The topological polar surface area (TPSA) is 56.4 Å². The second kappa shape index (κ2) is 5.14. The molecule has 0 saturated carbocycles. The van der Waals surface area contributed by atoms with Gasteiger partial charge in [-0.15, -0.1) is 0 Å². The smallest absolute Gasteiger partial charge is 0.259 e. The van der Waals surface area contributed by atoms with Crippen LogP contribution < -0.4 is 5.43 Å². The Morgan fingerprint density at radius 2 is 2.12 bits per heavy atom. The molecule has 2 rings (SSSR count). The maximum Gasteiger partial charge on any atom is 0.259 e. The molecule has 1 aliphatic heterocycles. The van der Waals surface area contributed by atoms with E-state index >= 15 is 0 Å². The number of nitrogens with zero attached hydrogens (tertiary/aromatic N) is 2. The molecule has 2 heterocycles. The van der Waals surface area contributed by atoms with Gasteiger partial charge in [-0.25, -0.2) is 0 Å². The molecule has 1 aromatic heterocycles. The summed E-state index contributed by atoms with van der Waals surface area (Å²) in [6.45, 7) is 3.26. The number of hydrogen-bond acceptors (Lipinski definition) is 3. The quantitative estimate of drug-likeness (QED) is 0.754. The number of amides is 1. The number of carbonyl (C=O) groups is 1. The van der Waals surface area contributed by atoms with Gasteiger partial charge in [-0.1, -0.05) is 0 Å².